The van der Waals surface area contributed by atoms with Crippen LogP contribution < -0.4 is 5.32 Å². The molecule has 4 heteroatoms. The lowest BCUT2D eigenvalue weighted by Crippen LogP contribution is -2.28. The molecule has 1 aromatic rings. The van der Waals surface area contributed by atoms with E-state index in [1.54, 1.807) is 0 Å². The summed E-state index contributed by atoms with van der Waals surface area (Å²) in [6.45, 7) is 4.87. The van der Waals surface area contributed by atoms with Crippen molar-refractivity contribution in [2.45, 2.75) is 32.4 Å². The molecule has 1 aromatic heterocycles. The summed E-state index contributed by atoms with van der Waals surface area (Å²) in [6, 6.07) is 4.82. The van der Waals surface area contributed by atoms with Crippen LogP contribution in [0.15, 0.2) is 18.3 Å². The minimum absolute atomic E-state index is 0.238. The molecule has 0 spiro atoms. The van der Waals surface area contributed by atoms with Gasteiger partial charge in [-0.15, -0.1) is 0 Å². The van der Waals surface area contributed by atoms with Gasteiger partial charge >= 0.3 is 0 Å². The molecule has 4 nitrogen and oxygen atoms in total. The van der Waals surface area contributed by atoms with Gasteiger partial charge < -0.3 is 10.4 Å². The molecule has 0 aromatic carbocycles. The maximum absolute atomic E-state index is 9.06. The van der Waals surface area contributed by atoms with Crippen molar-refractivity contribution in [3.05, 3.63) is 23.9 Å². The topological polar surface area (TPSA) is 48.4 Å². The summed E-state index contributed by atoms with van der Waals surface area (Å²) in [5, 5.41) is 12.3. The first-order chi connectivity index (χ1) is 8.33. The van der Waals surface area contributed by atoms with Gasteiger partial charge in [0, 0.05) is 31.9 Å². The van der Waals surface area contributed by atoms with Gasteiger partial charge in [0.15, 0.2) is 0 Å². The standard InChI is InChI=1S/C13H21N3O/c1-2-14-13-9-11(5-6-15-13)10-16(7-8-17)12-3-4-12/h5-6,9,12,17H,2-4,7-8,10H2,1H3,(H,14,15). The maximum Gasteiger partial charge on any atom is 0.126 e. The lowest BCUT2D eigenvalue weighted by atomic mass is 10.2. The molecule has 1 heterocycles. The summed E-state index contributed by atoms with van der Waals surface area (Å²) in [5.41, 5.74) is 1.26. The second-order valence-corrected chi connectivity index (χ2v) is 4.50. The predicted octanol–water partition coefficient (Wildman–Crippen LogP) is 1.47. The van der Waals surface area contributed by atoms with Crippen LogP contribution in [0.3, 0.4) is 0 Å². The van der Waals surface area contributed by atoms with E-state index in [0.717, 1.165) is 25.5 Å². The van der Waals surface area contributed by atoms with Crippen molar-refractivity contribution in [1.29, 1.82) is 0 Å². The Labute approximate surface area is 103 Å². The first-order valence-corrected chi connectivity index (χ1v) is 6.37. The first kappa shape index (κ1) is 12.3. The van der Waals surface area contributed by atoms with E-state index in [0.29, 0.717) is 6.04 Å². The van der Waals surface area contributed by atoms with Gasteiger partial charge in [0.05, 0.1) is 6.61 Å². The van der Waals surface area contributed by atoms with Crippen LogP contribution >= 0.6 is 0 Å². The van der Waals surface area contributed by atoms with Crippen LogP contribution in [0.25, 0.3) is 0 Å². The molecule has 1 aliphatic carbocycles. The number of aliphatic hydroxyl groups excluding tert-OH is 1. The van der Waals surface area contributed by atoms with Crippen LogP contribution in [-0.2, 0) is 6.54 Å². The molecule has 0 unspecified atom stereocenters. The lowest BCUT2D eigenvalue weighted by molar-refractivity contribution is 0.183. The number of hydrogen-bond acceptors (Lipinski definition) is 4. The zero-order chi connectivity index (χ0) is 12.1. The van der Waals surface area contributed by atoms with Gasteiger partial charge in [-0.3, -0.25) is 4.90 Å². The Morgan fingerprint density at radius 3 is 3.00 bits per heavy atom. The van der Waals surface area contributed by atoms with E-state index in [9.17, 15) is 0 Å². The monoisotopic (exact) mass is 235 g/mol. The molecule has 2 N–H and O–H groups in total. The average molecular weight is 235 g/mol. The Morgan fingerprint density at radius 2 is 2.35 bits per heavy atom. The molecule has 0 radical (unpaired) electrons. The van der Waals surface area contributed by atoms with Gasteiger partial charge in [-0.1, -0.05) is 0 Å². The fourth-order valence-corrected chi connectivity index (χ4v) is 2.04. The highest BCUT2D eigenvalue weighted by molar-refractivity contribution is 5.37. The Kier molecular flexibility index (Phi) is 4.34. The molecule has 17 heavy (non-hydrogen) atoms. The zero-order valence-corrected chi connectivity index (χ0v) is 10.4. The van der Waals surface area contributed by atoms with Crippen LogP contribution in [0.2, 0.25) is 0 Å². The van der Waals surface area contributed by atoms with E-state index in [2.05, 4.69) is 28.2 Å². The van der Waals surface area contributed by atoms with Crippen molar-refractivity contribution in [1.82, 2.24) is 9.88 Å². The van der Waals surface area contributed by atoms with Crippen LogP contribution in [0.1, 0.15) is 25.3 Å². The minimum Gasteiger partial charge on any atom is -0.395 e. The van der Waals surface area contributed by atoms with Crippen LogP contribution in [0.4, 0.5) is 5.82 Å². The Morgan fingerprint density at radius 1 is 1.53 bits per heavy atom. The van der Waals surface area contributed by atoms with Crippen molar-refractivity contribution >= 4 is 5.82 Å². The Hall–Kier alpha value is -1.13. The molecule has 1 fully saturated rings. The first-order valence-electron chi connectivity index (χ1n) is 6.37. The summed E-state index contributed by atoms with van der Waals surface area (Å²) < 4.78 is 0. The third kappa shape index (κ3) is 3.68. The number of aromatic nitrogens is 1. The summed E-state index contributed by atoms with van der Waals surface area (Å²) in [5.74, 6) is 0.935. The number of rotatable bonds is 7. The number of nitrogens with one attached hydrogen (secondary N) is 1. The third-order valence-electron chi connectivity index (χ3n) is 3.02. The Bertz CT molecular complexity index is 352. The van der Waals surface area contributed by atoms with Gasteiger partial charge in [-0.05, 0) is 37.5 Å². The van der Waals surface area contributed by atoms with E-state index < -0.39 is 0 Å². The van der Waals surface area contributed by atoms with E-state index in [1.807, 2.05) is 12.3 Å². The van der Waals surface area contributed by atoms with E-state index in [1.165, 1.54) is 18.4 Å². The molecular weight excluding hydrogens is 214 g/mol. The van der Waals surface area contributed by atoms with E-state index in [4.69, 9.17) is 5.11 Å². The van der Waals surface area contributed by atoms with Gasteiger partial charge in [0.2, 0.25) is 0 Å². The van der Waals surface area contributed by atoms with Crippen LogP contribution in [0, 0.1) is 0 Å². The van der Waals surface area contributed by atoms with Crippen molar-refractivity contribution in [2.24, 2.45) is 0 Å². The molecule has 0 bridgehead atoms. The summed E-state index contributed by atoms with van der Waals surface area (Å²) >= 11 is 0. The number of aliphatic hydroxyl groups is 1. The number of anilines is 1. The normalized spacial score (nSPS) is 15.2. The molecule has 2 rings (SSSR count). The lowest BCUT2D eigenvalue weighted by Gasteiger charge is -2.21. The predicted molar refractivity (Wildman–Crippen MR) is 68.9 cm³/mol. The van der Waals surface area contributed by atoms with E-state index in [-0.39, 0.29) is 6.61 Å². The molecule has 0 amide bonds. The Balaban J connectivity index is 1.97. The molecule has 0 atom stereocenters. The molecule has 0 saturated heterocycles. The molecule has 1 saturated carbocycles. The van der Waals surface area contributed by atoms with Crippen molar-refractivity contribution < 1.29 is 5.11 Å². The second kappa shape index (κ2) is 5.98. The van der Waals surface area contributed by atoms with Gasteiger partial charge in [0.25, 0.3) is 0 Å². The van der Waals surface area contributed by atoms with Gasteiger partial charge in [0.1, 0.15) is 5.82 Å². The summed E-state index contributed by atoms with van der Waals surface area (Å²) in [4.78, 5) is 6.62. The maximum atomic E-state index is 9.06. The fraction of sp³-hybridized carbons (Fsp3) is 0.615. The third-order valence-corrected chi connectivity index (χ3v) is 3.02. The van der Waals surface area contributed by atoms with E-state index >= 15 is 0 Å². The van der Waals surface area contributed by atoms with Crippen LogP contribution in [0.5, 0.6) is 0 Å². The van der Waals surface area contributed by atoms with Crippen molar-refractivity contribution in [3.8, 4) is 0 Å². The molecule has 0 aliphatic heterocycles. The highest BCUT2D eigenvalue weighted by Crippen LogP contribution is 2.28. The van der Waals surface area contributed by atoms with Gasteiger partial charge in [-0.25, -0.2) is 4.98 Å². The highest BCUT2D eigenvalue weighted by atomic mass is 16.3. The smallest absolute Gasteiger partial charge is 0.126 e. The highest BCUT2D eigenvalue weighted by Gasteiger charge is 2.28. The minimum atomic E-state index is 0.238. The fourth-order valence-electron chi connectivity index (χ4n) is 2.04. The molecule has 1 aliphatic rings. The molecular formula is C13H21N3O. The second-order valence-electron chi connectivity index (χ2n) is 4.50. The number of hydrogen-bond donors (Lipinski definition) is 2. The summed E-state index contributed by atoms with van der Waals surface area (Å²) in [6.07, 6.45) is 4.38. The quantitative estimate of drug-likeness (QED) is 0.751. The van der Waals surface area contributed by atoms with Crippen molar-refractivity contribution in [2.75, 3.05) is 25.0 Å². The van der Waals surface area contributed by atoms with Crippen molar-refractivity contribution in [3.63, 3.8) is 0 Å². The largest absolute Gasteiger partial charge is 0.395 e. The zero-order valence-electron chi connectivity index (χ0n) is 10.4. The SMILES string of the molecule is CCNc1cc(CN(CCO)C2CC2)ccn1. The number of pyridine rings is 1. The van der Waals surface area contributed by atoms with Gasteiger partial charge in [-0.2, -0.15) is 0 Å². The average Bonchev–Trinajstić information content (AvgIpc) is 3.13. The summed E-state index contributed by atoms with van der Waals surface area (Å²) in [7, 11) is 0. The number of nitrogens with zero attached hydrogens (tertiary/aromatic N) is 2. The molecule has 94 valence electrons. The van der Waals surface area contributed by atoms with Crippen LogP contribution in [-0.4, -0.2) is 40.7 Å².